The van der Waals surface area contributed by atoms with Crippen molar-refractivity contribution < 1.29 is 4.52 Å². The topological polar surface area (TPSA) is 91.0 Å². The molecular formula is C6H12N4O. The van der Waals surface area contributed by atoms with Crippen molar-refractivity contribution in [2.24, 2.45) is 11.7 Å². The molecule has 0 spiro atoms. The third-order valence-electron chi connectivity index (χ3n) is 1.41. The molecule has 0 saturated carbocycles. The highest BCUT2D eigenvalue weighted by atomic mass is 16.5. The summed E-state index contributed by atoms with van der Waals surface area (Å²) in [6.07, 6.45) is 0.695. The lowest BCUT2D eigenvalue weighted by atomic mass is 10.1. The van der Waals surface area contributed by atoms with Crippen LogP contribution in [0, 0.1) is 5.92 Å². The van der Waals surface area contributed by atoms with Crippen LogP contribution in [0.15, 0.2) is 4.52 Å². The van der Waals surface area contributed by atoms with Crippen molar-refractivity contribution in [3.05, 3.63) is 5.89 Å². The minimum absolute atomic E-state index is 0.184. The van der Waals surface area contributed by atoms with E-state index in [1.54, 1.807) is 0 Å². The molecule has 1 atom stereocenters. The van der Waals surface area contributed by atoms with E-state index in [2.05, 4.69) is 10.1 Å². The van der Waals surface area contributed by atoms with Gasteiger partial charge in [-0.1, -0.05) is 6.92 Å². The fourth-order valence-corrected chi connectivity index (χ4v) is 0.732. The Bertz CT molecular complexity index is 222. The van der Waals surface area contributed by atoms with Crippen LogP contribution < -0.4 is 11.5 Å². The van der Waals surface area contributed by atoms with Crippen LogP contribution >= 0.6 is 0 Å². The van der Waals surface area contributed by atoms with Crippen LogP contribution in [0.3, 0.4) is 0 Å². The van der Waals surface area contributed by atoms with Gasteiger partial charge in [0.15, 0.2) is 0 Å². The Kier molecular flexibility index (Phi) is 2.43. The molecule has 11 heavy (non-hydrogen) atoms. The molecule has 5 nitrogen and oxygen atoms in total. The quantitative estimate of drug-likeness (QED) is 0.631. The first kappa shape index (κ1) is 8.00. The van der Waals surface area contributed by atoms with Crippen LogP contribution in [0.1, 0.15) is 12.8 Å². The summed E-state index contributed by atoms with van der Waals surface area (Å²) in [6, 6.07) is 0. The molecule has 0 saturated heterocycles. The van der Waals surface area contributed by atoms with E-state index in [1.165, 1.54) is 0 Å². The number of nitrogen functional groups attached to an aromatic ring is 1. The number of hydrogen-bond acceptors (Lipinski definition) is 5. The minimum atomic E-state index is 0.184. The van der Waals surface area contributed by atoms with Gasteiger partial charge in [-0.3, -0.25) is 0 Å². The summed E-state index contributed by atoms with van der Waals surface area (Å²) in [5.41, 5.74) is 10.7. The van der Waals surface area contributed by atoms with Crippen LogP contribution in [-0.2, 0) is 6.42 Å². The Morgan fingerprint density at radius 1 is 1.64 bits per heavy atom. The molecule has 1 rings (SSSR count). The lowest BCUT2D eigenvalue weighted by molar-refractivity contribution is 0.360. The van der Waals surface area contributed by atoms with Gasteiger partial charge in [-0.05, 0) is 17.6 Å². The van der Waals surface area contributed by atoms with E-state index in [1.807, 2.05) is 6.92 Å². The Balaban J connectivity index is 2.50. The predicted octanol–water partition coefficient (Wildman–Crippen LogP) is -0.211. The maximum atomic E-state index is 5.41. The monoisotopic (exact) mass is 156 g/mol. The summed E-state index contributed by atoms with van der Waals surface area (Å²) in [6.45, 7) is 2.63. The Morgan fingerprint density at radius 2 is 2.36 bits per heavy atom. The number of nitrogens with zero attached hydrogens (tertiary/aromatic N) is 2. The van der Waals surface area contributed by atoms with Crippen molar-refractivity contribution in [1.82, 2.24) is 10.1 Å². The number of anilines is 1. The first-order valence-electron chi connectivity index (χ1n) is 3.50. The second-order valence-electron chi connectivity index (χ2n) is 2.59. The van der Waals surface area contributed by atoms with Gasteiger partial charge in [-0.15, -0.1) is 0 Å². The van der Waals surface area contributed by atoms with Crippen molar-refractivity contribution in [2.75, 3.05) is 12.3 Å². The van der Waals surface area contributed by atoms with E-state index in [9.17, 15) is 0 Å². The first-order valence-corrected chi connectivity index (χ1v) is 3.50. The molecule has 1 unspecified atom stereocenters. The fraction of sp³-hybridized carbons (Fsp3) is 0.667. The zero-order valence-electron chi connectivity index (χ0n) is 6.45. The molecule has 0 aromatic carbocycles. The van der Waals surface area contributed by atoms with Crippen molar-refractivity contribution >= 4 is 5.95 Å². The number of nitrogens with two attached hydrogens (primary N) is 2. The van der Waals surface area contributed by atoms with Gasteiger partial charge in [0.1, 0.15) is 0 Å². The maximum Gasteiger partial charge on any atom is 0.260 e. The number of rotatable bonds is 3. The molecule has 4 N–H and O–H groups in total. The average Bonchev–Trinajstić information content (AvgIpc) is 2.35. The molecule has 0 fully saturated rings. The van der Waals surface area contributed by atoms with Gasteiger partial charge in [0.2, 0.25) is 5.89 Å². The van der Waals surface area contributed by atoms with E-state index in [0.29, 0.717) is 24.8 Å². The summed E-state index contributed by atoms with van der Waals surface area (Å²) in [7, 11) is 0. The van der Waals surface area contributed by atoms with Gasteiger partial charge in [0.05, 0.1) is 0 Å². The zero-order valence-corrected chi connectivity index (χ0v) is 6.45. The summed E-state index contributed by atoms with van der Waals surface area (Å²) < 4.78 is 4.80. The third kappa shape index (κ3) is 2.19. The largest absolute Gasteiger partial charge is 0.365 e. The molecular weight excluding hydrogens is 144 g/mol. The van der Waals surface area contributed by atoms with Gasteiger partial charge in [0.25, 0.3) is 5.95 Å². The van der Waals surface area contributed by atoms with Crippen molar-refractivity contribution in [1.29, 1.82) is 0 Å². The molecule has 1 aromatic heterocycles. The van der Waals surface area contributed by atoms with Gasteiger partial charge >= 0.3 is 0 Å². The number of hydrogen-bond donors (Lipinski definition) is 2. The smallest absolute Gasteiger partial charge is 0.260 e. The van der Waals surface area contributed by atoms with E-state index < -0.39 is 0 Å². The highest BCUT2D eigenvalue weighted by molar-refractivity contribution is 5.10. The fourth-order valence-electron chi connectivity index (χ4n) is 0.732. The van der Waals surface area contributed by atoms with Crippen LogP contribution in [0.5, 0.6) is 0 Å². The summed E-state index contributed by atoms with van der Waals surface area (Å²) >= 11 is 0. The Labute approximate surface area is 64.8 Å². The normalized spacial score (nSPS) is 13.3. The molecule has 0 bridgehead atoms. The predicted molar refractivity (Wildman–Crippen MR) is 40.6 cm³/mol. The summed E-state index contributed by atoms with van der Waals surface area (Å²) in [5, 5.41) is 3.45. The molecule has 0 aliphatic rings. The van der Waals surface area contributed by atoms with Crippen molar-refractivity contribution in [3.63, 3.8) is 0 Å². The molecule has 1 heterocycles. The third-order valence-corrected chi connectivity index (χ3v) is 1.41. The number of aromatic nitrogens is 2. The van der Waals surface area contributed by atoms with Crippen LogP contribution in [0.25, 0.3) is 0 Å². The van der Waals surface area contributed by atoms with Gasteiger partial charge in [-0.2, -0.15) is 4.98 Å². The summed E-state index contributed by atoms with van der Waals surface area (Å²) in [4.78, 5) is 3.84. The molecule has 62 valence electrons. The van der Waals surface area contributed by atoms with Crippen LogP contribution in [-0.4, -0.2) is 16.7 Å². The standard InChI is InChI=1S/C6H12N4O/c1-4(3-7)2-5-9-6(8)10-11-5/h4H,2-3,7H2,1H3,(H2,8,10). The lowest BCUT2D eigenvalue weighted by Crippen LogP contribution is -2.13. The van der Waals surface area contributed by atoms with Crippen molar-refractivity contribution in [2.45, 2.75) is 13.3 Å². The average molecular weight is 156 g/mol. The molecule has 0 aliphatic carbocycles. The molecule has 0 amide bonds. The van der Waals surface area contributed by atoms with Crippen molar-refractivity contribution in [3.8, 4) is 0 Å². The van der Waals surface area contributed by atoms with Crippen LogP contribution in [0.4, 0.5) is 5.95 Å². The molecule has 1 aromatic rings. The van der Waals surface area contributed by atoms with Gasteiger partial charge in [0, 0.05) is 6.42 Å². The SMILES string of the molecule is CC(CN)Cc1nc(N)no1. The minimum Gasteiger partial charge on any atom is -0.365 e. The summed E-state index contributed by atoms with van der Waals surface area (Å²) in [5.74, 6) is 1.10. The van der Waals surface area contributed by atoms with Crippen LogP contribution in [0.2, 0.25) is 0 Å². The maximum absolute atomic E-state index is 5.41. The zero-order chi connectivity index (χ0) is 8.27. The Morgan fingerprint density at radius 3 is 2.82 bits per heavy atom. The first-order chi connectivity index (χ1) is 5.22. The van der Waals surface area contributed by atoms with E-state index in [-0.39, 0.29) is 5.95 Å². The van der Waals surface area contributed by atoms with Gasteiger partial charge in [-0.25, -0.2) is 0 Å². The molecule has 0 aliphatic heterocycles. The van der Waals surface area contributed by atoms with E-state index >= 15 is 0 Å². The van der Waals surface area contributed by atoms with E-state index in [4.69, 9.17) is 16.0 Å². The molecule has 5 heteroatoms. The lowest BCUT2D eigenvalue weighted by Gasteiger charge is -2.01. The van der Waals surface area contributed by atoms with Gasteiger partial charge < -0.3 is 16.0 Å². The molecule has 0 radical (unpaired) electrons. The highest BCUT2D eigenvalue weighted by Gasteiger charge is 2.07. The van der Waals surface area contributed by atoms with E-state index in [0.717, 1.165) is 0 Å². The second kappa shape index (κ2) is 3.34. The second-order valence-corrected chi connectivity index (χ2v) is 2.59. The highest BCUT2D eigenvalue weighted by Crippen LogP contribution is 2.05. The Hall–Kier alpha value is -1.10.